The molecule has 0 fully saturated rings. The molecule has 0 aliphatic rings. The number of rotatable bonds is 4. The van der Waals surface area contributed by atoms with Crippen molar-refractivity contribution in [3.8, 4) is 0 Å². The number of likely N-dealkylation sites (N-methyl/N-ethyl adjacent to an activating group) is 1. The van der Waals surface area contributed by atoms with E-state index in [0.29, 0.717) is 5.69 Å². The van der Waals surface area contributed by atoms with Crippen LogP contribution in [0.5, 0.6) is 0 Å². The summed E-state index contributed by atoms with van der Waals surface area (Å²) >= 11 is 5.98. The summed E-state index contributed by atoms with van der Waals surface area (Å²) in [4.78, 5) is 34.5. The van der Waals surface area contributed by atoms with Crippen LogP contribution in [0.2, 0.25) is 5.15 Å². The van der Waals surface area contributed by atoms with Crippen molar-refractivity contribution in [2.75, 3.05) is 14.2 Å². The van der Waals surface area contributed by atoms with Crippen molar-refractivity contribution in [2.45, 2.75) is 12.5 Å². The molecule has 0 saturated carbocycles. The van der Waals surface area contributed by atoms with Gasteiger partial charge in [0, 0.05) is 19.4 Å². The van der Waals surface area contributed by atoms with Crippen LogP contribution in [0.1, 0.15) is 23.0 Å². The number of amides is 1. The zero-order chi connectivity index (χ0) is 17.0. The number of nitrogens with zero attached hydrogens (tertiary/aromatic N) is 3. The number of halogens is 1. The highest BCUT2D eigenvalue weighted by Gasteiger charge is 2.44. The molecule has 7 heteroatoms. The van der Waals surface area contributed by atoms with Gasteiger partial charge in [0.05, 0.1) is 18.4 Å². The van der Waals surface area contributed by atoms with Gasteiger partial charge in [-0.25, -0.2) is 9.78 Å². The lowest BCUT2D eigenvalue weighted by atomic mass is 9.94. The zero-order valence-electron chi connectivity index (χ0n) is 13.0. The van der Waals surface area contributed by atoms with Gasteiger partial charge in [-0.2, -0.15) is 0 Å². The monoisotopic (exact) mass is 333 g/mol. The molecule has 120 valence electrons. The third-order valence-corrected chi connectivity index (χ3v) is 4.01. The number of hydrogen-bond donors (Lipinski definition) is 0. The molecule has 0 radical (unpaired) electrons. The molecule has 2 heterocycles. The summed E-state index contributed by atoms with van der Waals surface area (Å²) in [6.07, 6.45) is 3.03. The molecule has 1 atom stereocenters. The topological polar surface area (TPSA) is 72.4 Å². The van der Waals surface area contributed by atoms with E-state index in [4.69, 9.17) is 16.3 Å². The molecule has 0 N–H and O–H groups in total. The van der Waals surface area contributed by atoms with E-state index in [-0.39, 0.29) is 10.7 Å². The normalized spacial score (nSPS) is 13.0. The minimum absolute atomic E-state index is 0.0672. The van der Waals surface area contributed by atoms with E-state index < -0.39 is 17.4 Å². The Hall–Kier alpha value is -2.47. The van der Waals surface area contributed by atoms with Crippen molar-refractivity contribution in [1.82, 2.24) is 14.9 Å². The largest absolute Gasteiger partial charge is 0.467 e. The van der Waals surface area contributed by atoms with Crippen molar-refractivity contribution in [3.05, 3.63) is 59.1 Å². The molecule has 0 saturated heterocycles. The Bertz CT molecular complexity index is 724. The quantitative estimate of drug-likeness (QED) is 0.634. The SMILES string of the molecule is COC(=O)[C@](C)(c1ccccn1)N(C)C(=O)c1cccnc1Cl. The molecule has 0 aliphatic carbocycles. The van der Waals surface area contributed by atoms with Gasteiger partial charge in [0.1, 0.15) is 5.15 Å². The predicted molar refractivity (Wildman–Crippen MR) is 84.9 cm³/mol. The Morgan fingerprint density at radius 2 is 1.87 bits per heavy atom. The van der Waals surface area contributed by atoms with Crippen LogP contribution in [-0.2, 0) is 15.1 Å². The first-order valence-electron chi connectivity index (χ1n) is 6.81. The lowest BCUT2D eigenvalue weighted by molar-refractivity contribution is -0.152. The molecule has 23 heavy (non-hydrogen) atoms. The number of methoxy groups -OCH3 is 1. The van der Waals surface area contributed by atoms with Crippen LogP contribution in [0.3, 0.4) is 0 Å². The number of esters is 1. The fraction of sp³-hybridized carbons (Fsp3) is 0.250. The Morgan fingerprint density at radius 3 is 2.43 bits per heavy atom. The number of carbonyl (C=O) groups excluding carboxylic acids is 2. The molecule has 1 amide bonds. The van der Waals surface area contributed by atoms with E-state index in [1.807, 2.05) is 0 Å². The van der Waals surface area contributed by atoms with Gasteiger partial charge in [-0.1, -0.05) is 17.7 Å². The van der Waals surface area contributed by atoms with Crippen LogP contribution in [0.4, 0.5) is 0 Å². The van der Waals surface area contributed by atoms with Crippen molar-refractivity contribution >= 4 is 23.5 Å². The van der Waals surface area contributed by atoms with Gasteiger partial charge in [0.25, 0.3) is 5.91 Å². The number of carbonyl (C=O) groups is 2. The predicted octanol–water partition coefficient (Wildman–Crippen LogP) is 2.29. The van der Waals surface area contributed by atoms with Crippen LogP contribution < -0.4 is 0 Å². The molecule has 0 bridgehead atoms. The Balaban J connectivity index is 2.50. The highest BCUT2D eigenvalue weighted by Crippen LogP contribution is 2.29. The highest BCUT2D eigenvalue weighted by atomic mass is 35.5. The van der Waals surface area contributed by atoms with Crippen LogP contribution in [0.25, 0.3) is 0 Å². The van der Waals surface area contributed by atoms with Crippen LogP contribution in [0, 0.1) is 0 Å². The average molecular weight is 334 g/mol. The fourth-order valence-corrected chi connectivity index (χ4v) is 2.39. The van der Waals surface area contributed by atoms with E-state index in [9.17, 15) is 9.59 Å². The lowest BCUT2D eigenvalue weighted by Gasteiger charge is -2.35. The minimum Gasteiger partial charge on any atom is -0.467 e. The summed E-state index contributed by atoms with van der Waals surface area (Å²) in [5, 5.41) is 0.0672. The maximum Gasteiger partial charge on any atom is 0.337 e. The van der Waals surface area contributed by atoms with E-state index in [1.165, 1.54) is 25.3 Å². The first kappa shape index (κ1) is 16.9. The van der Waals surface area contributed by atoms with Crippen molar-refractivity contribution < 1.29 is 14.3 Å². The summed E-state index contributed by atoms with van der Waals surface area (Å²) in [5.74, 6) is -1.06. The Labute approximate surface area is 139 Å². The second-order valence-electron chi connectivity index (χ2n) is 4.98. The summed E-state index contributed by atoms with van der Waals surface area (Å²) in [6, 6.07) is 8.26. The standard InChI is InChI=1S/C16H16ClN3O3/c1-16(15(22)23-3,12-8-4-5-9-18-12)20(2)14(21)11-7-6-10-19-13(11)17/h4-10H,1-3H3/t16-/m0/s1. The number of aromatic nitrogens is 2. The second kappa shape index (κ2) is 6.75. The zero-order valence-corrected chi connectivity index (χ0v) is 13.7. The maximum absolute atomic E-state index is 12.8. The molecule has 2 aromatic heterocycles. The molecule has 6 nitrogen and oxygen atoms in total. The Kier molecular flexibility index (Phi) is 4.95. The first-order valence-corrected chi connectivity index (χ1v) is 7.19. The Morgan fingerprint density at radius 1 is 1.17 bits per heavy atom. The van der Waals surface area contributed by atoms with E-state index in [0.717, 1.165) is 0 Å². The summed E-state index contributed by atoms with van der Waals surface area (Å²) in [6.45, 7) is 1.57. The highest BCUT2D eigenvalue weighted by molar-refractivity contribution is 6.32. The van der Waals surface area contributed by atoms with Gasteiger partial charge in [0.15, 0.2) is 5.54 Å². The summed E-state index contributed by atoms with van der Waals surface area (Å²) < 4.78 is 4.89. The molecule has 0 spiro atoms. The van der Waals surface area contributed by atoms with E-state index in [1.54, 1.807) is 43.5 Å². The summed E-state index contributed by atoms with van der Waals surface area (Å²) in [7, 11) is 2.76. The maximum atomic E-state index is 12.8. The number of pyridine rings is 2. The second-order valence-corrected chi connectivity index (χ2v) is 5.34. The van der Waals surface area contributed by atoms with Gasteiger partial charge in [-0.15, -0.1) is 0 Å². The van der Waals surface area contributed by atoms with Crippen molar-refractivity contribution in [3.63, 3.8) is 0 Å². The third-order valence-electron chi connectivity index (χ3n) is 3.71. The smallest absolute Gasteiger partial charge is 0.337 e. The molecule has 0 aromatic carbocycles. The first-order chi connectivity index (χ1) is 10.9. The average Bonchev–Trinajstić information content (AvgIpc) is 2.60. The van der Waals surface area contributed by atoms with Crippen molar-refractivity contribution in [2.24, 2.45) is 0 Å². The van der Waals surface area contributed by atoms with Crippen LogP contribution in [0.15, 0.2) is 42.7 Å². The van der Waals surface area contributed by atoms with Gasteiger partial charge in [-0.3, -0.25) is 9.78 Å². The minimum atomic E-state index is -1.40. The van der Waals surface area contributed by atoms with Gasteiger partial charge in [-0.05, 0) is 31.2 Å². The van der Waals surface area contributed by atoms with Gasteiger partial charge < -0.3 is 9.64 Å². The van der Waals surface area contributed by atoms with Crippen LogP contribution in [-0.4, -0.2) is 40.9 Å². The fourth-order valence-electron chi connectivity index (χ4n) is 2.19. The molecule has 0 unspecified atom stereocenters. The van der Waals surface area contributed by atoms with E-state index >= 15 is 0 Å². The number of ether oxygens (including phenoxy) is 1. The molecule has 0 aliphatic heterocycles. The van der Waals surface area contributed by atoms with Crippen LogP contribution >= 0.6 is 11.6 Å². The van der Waals surface area contributed by atoms with Gasteiger partial charge >= 0.3 is 5.97 Å². The lowest BCUT2D eigenvalue weighted by Crippen LogP contribution is -2.51. The van der Waals surface area contributed by atoms with Gasteiger partial charge in [0.2, 0.25) is 0 Å². The van der Waals surface area contributed by atoms with Crippen molar-refractivity contribution in [1.29, 1.82) is 0 Å². The van der Waals surface area contributed by atoms with E-state index in [2.05, 4.69) is 9.97 Å². The molecular weight excluding hydrogens is 318 g/mol. The molecular formula is C16H16ClN3O3. The molecule has 2 aromatic rings. The number of hydrogen-bond acceptors (Lipinski definition) is 5. The summed E-state index contributed by atoms with van der Waals surface area (Å²) in [5.41, 5.74) is -0.808. The molecule has 2 rings (SSSR count). The third kappa shape index (κ3) is 3.03.